The minimum absolute atomic E-state index is 0. The molecule has 0 saturated heterocycles. The van der Waals surface area contributed by atoms with Gasteiger partial charge in [0.1, 0.15) is 0 Å². The molecule has 0 saturated carbocycles. The van der Waals surface area contributed by atoms with Crippen LogP contribution < -0.4 is 0 Å². The summed E-state index contributed by atoms with van der Waals surface area (Å²) in [7, 11) is 0. The maximum atomic E-state index is 11.6. The summed E-state index contributed by atoms with van der Waals surface area (Å²) in [4.78, 5) is 9.43. The molecule has 0 heterocycles. The first-order valence-electron chi connectivity index (χ1n) is 1.75. The Morgan fingerprint density at radius 2 is 2.00 bits per heavy atom. The summed E-state index contributed by atoms with van der Waals surface area (Å²) < 4.78 is 23.1. The number of carboxylic acid groups (broad SMARTS) is 1. The van der Waals surface area contributed by atoms with Crippen molar-refractivity contribution in [3.63, 3.8) is 0 Å². The number of halogens is 3. The molecule has 0 aromatic carbocycles. The van der Waals surface area contributed by atoms with Gasteiger partial charge in [0.25, 0.3) is 0 Å². The standard InChI is InChI=1S/C4H4F2O2.ClH/c1-2-4(5,6)3(7)8;/h2H,1H2,(H,7,8);1H. The lowest BCUT2D eigenvalue weighted by molar-refractivity contribution is -0.157. The van der Waals surface area contributed by atoms with Crippen LogP contribution in [-0.4, -0.2) is 17.0 Å². The predicted octanol–water partition coefficient (Wildman–Crippen LogP) is 1.31. The van der Waals surface area contributed by atoms with Crippen LogP contribution in [0, 0.1) is 0 Å². The van der Waals surface area contributed by atoms with Crippen molar-refractivity contribution >= 4 is 18.4 Å². The highest BCUT2D eigenvalue weighted by Gasteiger charge is 2.34. The zero-order chi connectivity index (χ0) is 6.78. The fourth-order valence-corrected chi connectivity index (χ4v) is 0.0873. The van der Waals surface area contributed by atoms with Crippen LogP contribution in [0.1, 0.15) is 0 Å². The fourth-order valence-electron chi connectivity index (χ4n) is 0.0873. The van der Waals surface area contributed by atoms with Crippen molar-refractivity contribution in [1.82, 2.24) is 0 Å². The average Bonchev–Trinajstić information content (AvgIpc) is 1.67. The van der Waals surface area contributed by atoms with Crippen LogP contribution in [0.4, 0.5) is 8.78 Å². The number of hydrogen-bond acceptors (Lipinski definition) is 1. The van der Waals surface area contributed by atoms with Crippen molar-refractivity contribution in [3.8, 4) is 0 Å². The van der Waals surface area contributed by atoms with Crippen molar-refractivity contribution in [1.29, 1.82) is 0 Å². The quantitative estimate of drug-likeness (QED) is 0.616. The number of rotatable bonds is 2. The van der Waals surface area contributed by atoms with E-state index in [1.807, 2.05) is 0 Å². The van der Waals surface area contributed by atoms with E-state index in [4.69, 9.17) is 5.11 Å². The second kappa shape index (κ2) is 3.40. The molecule has 0 aliphatic rings. The smallest absolute Gasteiger partial charge is 0.378 e. The maximum absolute atomic E-state index is 11.6. The molecule has 0 unspecified atom stereocenters. The molecule has 0 radical (unpaired) electrons. The minimum atomic E-state index is -3.78. The largest absolute Gasteiger partial charge is 0.477 e. The van der Waals surface area contributed by atoms with Gasteiger partial charge in [-0.3, -0.25) is 0 Å². The number of alkyl halides is 2. The van der Waals surface area contributed by atoms with E-state index in [-0.39, 0.29) is 18.5 Å². The molecule has 0 spiro atoms. The molecule has 9 heavy (non-hydrogen) atoms. The van der Waals surface area contributed by atoms with Crippen molar-refractivity contribution < 1.29 is 18.7 Å². The summed E-state index contributed by atoms with van der Waals surface area (Å²) in [5, 5.41) is 7.62. The van der Waals surface area contributed by atoms with Gasteiger partial charge in [0, 0.05) is 0 Å². The molecule has 0 fully saturated rings. The van der Waals surface area contributed by atoms with Crippen LogP contribution in [0.15, 0.2) is 12.7 Å². The van der Waals surface area contributed by atoms with E-state index in [0.29, 0.717) is 0 Å². The Balaban J connectivity index is 0. The van der Waals surface area contributed by atoms with Crippen LogP contribution in [-0.2, 0) is 4.79 Å². The molecule has 0 aromatic heterocycles. The minimum Gasteiger partial charge on any atom is -0.477 e. The Morgan fingerprint density at radius 3 is 2.00 bits per heavy atom. The zero-order valence-electron chi connectivity index (χ0n) is 4.30. The van der Waals surface area contributed by atoms with Gasteiger partial charge in [-0.15, -0.1) is 12.4 Å². The van der Waals surface area contributed by atoms with Crippen molar-refractivity contribution in [3.05, 3.63) is 12.7 Å². The molecule has 0 aromatic rings. The maximum Gasteiger partial charge on any atom is 0.378 e. The fraction of sp³-hybridized carbons (Fsp3) is 0.250. The summed E-state index contributed by atoms with van der Waals surface area (Å²) >= 11 is 0. The third-order valence-corrected chi connectivity index (χ3v) is 0.542. The van der Waals surface area contributed by atoms with Gasteiger partial charge in [-0.1, -0.05) is 6.58 Å². The van der Waals surface area contributed by atoms with Gasteiger partial charge in [0.15, 0.2) is 0 Å². The molecule has 0 bridgehead atoms. The lowest BCUT2D eigenvalue weighted by Gasteiger charge is -2.01. The van der Waals surface area contributed by atoms with E-state index < -0.39 is 11.9 Å². The summed E-state index contributed by atoms with van der Waals surface area (Å²) in [5.74, 6) is -5.95. The molecule has 0 aliphatic heterocycles. The van der Waals surface area contributed by atoms with E-state index in [9.17, 15) is 13.6 Å². The van der Waals surface area contributed by atoms with E-state index in [0.717, 1.165) is 0 Å². The van der Waals surface area contributed by atoms with E-state index in [1.165, 1.54) is 0 Å². The normalized spacial score (nSPS) is 9.56. The topological polar surface area (TPSA) is 37.3 Å². The Kier molecular flexibility index (Phi) is 4.23. The summed E-state index contributed by atoms with van der Waals surface area (Å²) in [6.07, 6.45) is 0.0787. The monoisotopic (exact) mass is 158 g/mol. The Labute approximate surface area is 56.6 Å². The van der Waals surface area contributed by atoms with Crippen molar-refractivity contribution in [2.45, 2.75) is 5.92 Å². The van der Waals surface area contributed by atoms with Gasteiger partial charge in [0.05, 0.1) is 0 Å². The van der Waals surface area contributed by atoms with Crippen LogP contribution in [0.2, 0.25) is 0 Å². The van der Waals surface area contributed by atoms with Crippen LogP contribution >= 0.6 is 12.4 Å². The lowest BCUT2D eigenvalue weighted by atomic mass is 10.3. The molecule has 5 heteroatoms. The van der Waals surface area contributed by atoms with E-state index >= 15 is 0 Å². The summed E-state index contributed by atoms with van der Waals surface area (Å²) in [6, 6.07) is 0. The molecule has 0 amide bonds. The first-order valence-corrected chi connectivity index (χ1v) is 1.75. The molecule has 0 rings (SSSR count). The van der Waals surface area contributed by atoms with Crippen molar-refractivity contribution in [2.75, 3.05) is 0 Å². The van der Waals surface area contributed by atoms with Crippen molar-refractivity contribution in [2.24, 2.45) is 0 Å². The highest BCUT2D eigenvalue weighted by atomic mass is 35.5. The Bertz CT molecular complexity index is 124. The van der Waals surface area contributed by atoms with Crippen LogP contribution in [0.5, 0.6) is 0 Å². The molecule has 54 valence electrons. The zero-order valence-corrected chi connectivity index (χ0v) is 5.12. The summed E-state index contributed by atoms with van der Waals surface area (Å²) in [6.45, 7) is 2.62. The second-order valence-electron chi connectivity index (χ2n) is 1.13. The van der Waals surface area contributed by atoms with Gasteiger partial charge in [-0.05, 0) is 6.08 Å². The number of carboxylic acids is 1. The first-order chi connectivity index (χ1) is 3.50. The van der Waals surface area contributed by atoms with Crippen LogP contribution in [0.3, 0.4) is 0 Å². The first kappa shape index (κ1) is 11.2. The molecule has 2 nitrogen and oxygen atoms in total. The molecule has 0 atom stereocenters. The van der Waals surface area contributed by atoms with Crippen LogP contribution in [0.25, 0.3) is 0 Å². The van der Waals surface area contributed by atoms with Gasteiger partial charge in [-0.25, -0.2) is 4.79 Å². The Hall–Kier alpha value is -0.640. The second-order valence-corrected chi connectivity index (χ2v) is 1.13. The lowest BCUT2D eigenvalue weighted by Crippen LogP contribution is -2.24. The molecular weight excluding hydrogens is 153 g/mol. The SMILES string of the molecule is C=CC(F)(F)C(=O)O.Cl. The number of carbonyl (C=O) groups is 1. The third-order valence-electron chi connectivity index (χ3n) is 0.542. The van der Waals surface area contributed by atoms with Gasteiger partial charge < -0.3 is 5.11 Å². The van der Waals surface area contributed by atoms with Gasteiger partial charge >= 0.3 is 11.9 Å². The number of hydrogen-bond donors (Lipinski definition) is 1. The Morgan fingerprint density at radius 1 is 1.67 bits per heavy atom. The highest BCUT2D eigenvalue weighted by Crippen LogP contribution is 2.12. The highest BCUT2D eigenvalue weighted by molar-refractivity contribution is 5.85. The average molecular weight is 159 g/mol. The number of aliphatic carboxylic acids is 1. The van der Waals surface area contributed by atoms with Gasteiger partial charge in [-0.2, -0.15) is 8.78 Å². The van der Waals surface area contributed by atoms with E-state index in [1.54, 1.807) is 0 Å². The van der Waals surface area contributed by atoms with Gasteiger partial charge in [0.2, 0.25) is 0 Å². The molecule has 0 aliphatic carbocycles. The third kappa shape index (κ3) is 3.03. The molecular formula is C4H5ClF2O2. The predicted molar refractivity (Wildman–Crippen MR) is 30.0 cm³/mol. The summed E-state index contributed by atoms with van der Waals surface area (Å²) in [5.41, 5.74) is 0. The molecule has 1 N–H and O–H groups in total. The van der Waals surface area contributed by atoms with E-state index in [2.05, 4.69) is 6.58 Å².